The molecule has 0 aliphatic rings. The lowest BCUT2D eigenvalue weighted by atomic mass is 10.3. The fraction of sp³-hybridized carbons (Fsp3) is 0.200. The first-order valence-corrected chi connectivity index (χ1v) is 2.52. The van der Waals surface area contributed by atoms with Crippen LogP contribution < -0.4 is 5.73 Å². The van der Waals surface area contributed by atoms with Crippen LogP contribution in [0.4, 0.5) is 5.82 Å². The lowest BCUT2D eigenvalue weighted by Gasteiger charge is -1.78. The highest BCUT2D eigenvalue weighted by Gasteiger charge is 2.00. The van der Waals surface area contributed by atoms with Crippen LogP contribution in [0.25, 0.3) is 0 Å². The molecule has 1 aromatic heterocycles. The number of hydrogen-bond donors (Lipinski definition) is 2. The zero-order valence-corrected chi connectivity index (χ0v) is 5.01. The smallest absolute Gasteiger partial charge is 0.180 e. The van der Waals surface area contributed by atoms with E-state index < -0.39 is 0 Å². The number of ketones is 1. The Balaban J connectivity index is 2.98. The van der Waals surface area contributed by atoms with Crippen LogP contribution in [0.2, 0.25) is 0 Å². The number of nitrogens with two attached hydrogens (primary N) is 1. The van der Waals surface area contributed by atoms with Crippen molar-refractivity contribution in [1.29, 1.82) is 0 Å². The quantitative estimate of drug-likeness (QED) is 0.526. The largest absolute Gasteiger partial charge is 0.384 e. The van der Waals surface area contributed by atoms with Gasteiger partial charge in [-0.15, -0.1) is 0 Å². The van der Waals surface area contributed by atoms with Gasteiger partial charge in [0.25, 0.3) is 0 Å². The van der Waals surface area contributed by atoms with Crippen molar-refractivity contribution in [2.24, 2.45) is 0 Å². The fourth-order valence-corrected chi connectivity index (χ4v) is 0.517. The summed E-state index contributed by atoms with van der Waals surface area (Å²) in [6.07, 6.45) is 0. The Bertz CT molecular complexity index is 228. The van der Waals surface area contributed by atoms with E-state index in [1.807, 2.05) is 0 Å². The summed E-state index contributed by atoms with van der Waals surface area (Å²) in [4.78, 5) is 10.5. The van der Waals surface area contributed by atoms with Crippen LogP contribution in [0.15, 0.2) is 6.07 Å². The molecule has 4 nitrogen and oxygen atoms in total. The lowest BCUT2D eigenvalue weighted by molar-refractivity contribution is 0.101. The Hall–Kier alpha value is -1.32. The Kier molecular flexibility index (Phi) is 1.22. The Morgan fingerprint density at radius 3 is 2.78 bits per heavy atom. The van der Waals surface area contributed by atoms with Crippen LogP contribution in [0.5, 0.6) is 0 Å². The van der Waals surface area contributed by atoms with Gasteiger partial charge in [0.15, 0.2) is 5.78 Å². The van der Waals surface area contributed by atoms with Crippen LogP contribution >= 0.6 is 0 Å². The fourth-order valence-electron chi connectivity index (χ4n) is 0.517. The van der Waals surface area contributed by atoms with E-state index in [0.29, 0.717) is 11.5 Å². The second-order valence-corrected chi connectivity index (χ2v) is 1.76. The summed E-state index contributed by atoms with van der Waals surface area (Å²) in [6.45, 7) is 1.44. The number of aromatic nitrogens is 2. The number of hydrogen-bond acceptors (Lipinski definition) is 3. The van der Waals surface area contributed by atoms with Crippen molar-refractivity contribution >= 4 is 11.6 Å². The normalized spacial score (nSPS) is 9.44. The monoisotopic (exact) mass is 125 g/mol. The van der Waals surface area contributed by atoms with Crippen LogP contribution in [0.3, 0.4) is 0 Å². The van der Waals surface area contributed by atoms with Crippen molar-refractivity contribution in [3.63, 3.8) is 0 Å². The maximum absolute atomic E-state index is 10.5. The molecule has 0 spiro atoms. The molecule has 0 aliphatic heterocycles. The van der Waals surface area contributed by atoms with E-state index in [1.54, 1.807) is 0 Å². The molecule has 0 saturated carbocycles. The molecule has 9 heavy (non-hydrogen) atoms. The molecule has 48 valence electrons. The van der Waals surface area contributed by atoms with E-state index >= 15 is 0 Å². The molecule has 0 unspecified atom stereocenters. The molecular weight excluding hydrogens is 118 g/mol. The Morgan fingerprint density at radius 1 is 1.89 bits per heavy atom. The van der Waals surface area contributed by atoms with E-state index in [-0.39, 0.29) is 5.78 Å². The summed E-state index contributed by atoms with van der Waals surface area (Å²) in [5.41, 5.74) is 5.63. The minimum atomic E-state index is -0.0806. The average Bonchev–Trinajstić information content (AvgIpc) is 2.14. The molecule has 0 atom stereocenters. The van der Waals surface area contributed by atoms with Gasteiger partial charge in [-0.05, 0) is 0 Å². The number of anilines is 1. The predicted octanol–water partition coefficient (Wildman–Crippen LogP) is 0.195. The van der Waals surface area contributed by atoms with E-state index in [0.717, 1.165) is 0 Å². The number of nitrogen functional groups attached to an aromatic ring is 1. The number of nitrogens with zero attached hydrogens (tertiary/aromatic N) is 1. The van der Waals surface area contributed by atoms with E-state index in [1.165, 1.54) is 13.0 Å². The van der Waals surface area contributed by atoms with E-state index in [9.17, 15) is 4.79 Å². The second kappa shape index (κ2) is 1.89. The third-order valence-electron chi connectivity index (χ3n) is 0.958. The number of aromatic amines is 1. The summed E-state index contributed by atoms with van der Waals surface area (Å²) >= 11 is 0. The summed E-state index contributed by atoms with van der Waals surface area (Å²) in [7, 11) is 0. The number of carbonyl (C=O) groups is 1. The number of rotatable bonds is 1. The number of H-pyrrole nitrogens is 1. The minimum absolute atomic E-state index is 0.0806. The van der Waals surface area contributed by atoms with Crippen molar-refractivity contribution in [2.75, 3.05) is 5.73 Å². The molecule has 4 heteroatoms. The van der Waals surface area contributed by atoms with Gasteiger partial charge in [-0.3, -0.25) is 9.89 Å². The Morgan fingerprint density at radius 2 is 2.56 bits per heavy atom. The molecule has 1 aromatic rings. The van der Waals surface area contributed by atoms with Crippen molar-refractivity contribution in [3.05, 3.63) is 11.8 Å². The molecule has 3 N–H and O–H groups in total. The van der Waals surface area contributed by atoms with Gasteiger partial charge in [0.2, 0.25) is 0 Å². The molecule has 0 radical (unpaired) electrons. The third-order valence-corrected chi connectivity index (χ3v) is 0.958. The van der Waals surface area contributed by atoms with Gasteiger partial charge in [-0.1, -0.05) is 0 Å². The maximum Gasteiger partial charge on any atom is 0.180 e. The zero-order valence-electron chi connectivity index (χ0n) is 5.01. The van der Waals surface area contributed by atoms with E-state index in [2.05, 4.69) is 10.2 Å². The van der Waals surface area contributed by atoms with Gasteiger partial charge in [-0.25, -0.2) is 0 Å². The standard InChI is InChI=1S/C5H7N3O/c1-3(9)4-2-5(6)8-7-4/h2H,1H3,(H3,6,7,8). The Labute approximate surface area is 52.1 Å². The molecule has 0 amide bonds. The van der Waals surface area contributed by atoms with Crippen molar-refractivity contribution < 1.29 is 4.79 Å². The first-order chi connectivity index (χ1) is 4.20. The van der Waals surface area contributed by atoms with E-state index in [4.69, 9.17) is 5.73 Å². The average molecular weight is 125 g/mol. The lowest BCUT2D eigenvalue weighted by Crippen LogP contribution is -1.90. The highest BCUT2D eigenvalue weighted by atomic mass is 16.1. The summed E-state index contributed by atoms with van der Waals surface area (Å²) < 4.78 is 0. The highest BCUT2D eigenvalue weighted by Crippen LogP contribution is 1.99. The summed E-state index contributed by atoms with van der Waals surface area (Å²) in [5.74, 6) is 0.336. The molecule has 0 saturated heterocycles. The molecule has 0 aromatic carbocycles. The van der Waals surface area contributed by atoms with Gasteiger partial charge in [0, 0.05) is 13.0 Å². The van der Waals surface area contributed by atoms with Crippen LogP contribution in [-0.4, -0.2) is 16.0 Å². The van der Waals surface area contributed by atoms with Gasteiger partial charge in [-0.2, -0.15) is 5.10 Å². The second-order valence-electron chi connectivity index (χ2n) is 1.76. The van der Waals surface area contributed by atoms with Crippen molar-refractivity contribution in [2.45, 2.75) is 6.92 Å². The van der Waals surface area contributed by atoms with Gasteiger partial charge >= 0.3 is 0 Å². The van der Waals surface area contributed by atoms with Crippen LogP contribution in [0.1, 0.15) is 17.4 Å². The van der Waals surface area contributed by atoms with Crippen LogP contribution in [0, 0.1) is 0 Å². The van der Waals surface area contributed by atoms with Gasteiger partial charge in [0.05, 0.1) is 0 Å². The molecular formula is C5H7N3O. The third kappa shape index (κ3) is 1.07. The first-order valence-electron chi connectivity index (χ1n) is 2.52. The minimum Gasteiger partial charge on any atom is -0.384 e. The topological polar surface area (TPSA) is 71.8 Å². The molecule has 0 bridgehead atoms. The maximum atomic E-state index is 10.5. The molecule has 0 fully saturated rings. The van der Waals surface area contributed by atoms with Crippen molar-refractivity contribution in [3.8, 4) is 0 Å². The molecule has 1 heterocycles. The number of nitrogens with one attached hydrogen (secondary N) is 1. The SMILES string of the molecule is CC(=O)c1cc(N)[nH]n1. The summed E-state index contributed by atoms with van der Waals surface area (Å²) in [6, 6.07) is 1.50. The first kappa shape index (κ1) is 5.81. The number of carbonyl (C=O) groups excluding carboxylic acids is 1. The zero-order chi connectivity index (χ0) is 6.85. The summed E-state index contributed by atoms with van der Waals surface area (Å²) in [5, 5.41) is 6.07. The van der Waals surface area contributed by atoms with Crippen molar-refractivity contribution in [1.82, 2.24) is 10.2 Å². The highest BCUT2D eigenvalue weighted by molar-refractivity contribution is 5.92. The predicted molar refractivity (Wildman–Crippen MR) is 33.0 cm³/mol. The van der Waals surface area contributed by atoms with Gasteiger partial charge in [0.1, 0.15) is 11.5 Å². The van der Waals surface area contributed by atoms with Crippen LogP contribution in [-0.2, 0) is 0 Å². The number of Topliss-reactive ketones (excluding diaryl/α,β-unsaturated/α-hetero) is 1. The molecule has 0 aliphatic carbocycles. The molecule has 1 rings (SSSR count). The van der Waals surface area contributed by atoms with Gasteiger partial charge < -0.3 is 5.73 Å².